The number of anilines is 1. The van der Waals surface area contributed by atoms with Crippen LogP contribution >= 0.6 is 69.6 Å². The first kappa shape index (κ1) is 30.9. The minimum atomic E-state index is -1.97. The van der Waals surface area contributed by atoms with Crippen LogP contribution in [0.1, 0.15) is 48.0 Å². The first-order chi connectivity index (χ1) is 17.8. The molecule has 0 radical (unpaired) electrons. The third-order valence-electron chi connectivity index (χ3n) is 5.76. The largest absolute Gasteiger partial charge is 0.493 e. The lowest BCUT2D eigenvalue weighted by Gasteiger charge is -2.23. The van der Waals surface area contributed by atoms with E-state index >= 15 is 0 Å². The van der Waals surface area contributed by atoms with Crippen LogP contribution in [0.25, 0.3) is 11.6 Å². The number of hydrogen-bond acceptors (Lipinski definition) is 6. The van der Waals surface area contributed by atoms with E-state index < -0.39 is 7.59 Å². The third kappa shape index (κ3) is 7.29. The minimum Gasteiger partial charge on any atom is -0.493 e. The van der Waals surface area contributed by atoms with Crippen molar-refractivity contribution < 1.29 is 9.47 Å². The Morgan fingerprint density at radius 2 is 1.39 bits per heavy atom. The summed E-state index contributed by atoms with van der Waals surface area (Å²) in [5.41, 5.74) is 4.60. The number of benzene rings is 2. The zero-order valence-electron chi connectivity index (χ0n) is 21.3. The number of methoxy groups -OCH3 is 2. The van der Waals surface area contributed by atoms with Gasteiger partial charge in [0, 0.05) is 18.8 Å². The number of aryl methyl sites for hydroxylation is 1. The summed E-state index contributed by atoms with van der Waals surface area (Å²) in [6.45, 7) is 8.04. The standard InChI is InChI=1S/C26H26Cl6N4O2/c1-6-36(7-2)17-9-10-18(15(3)12-17)19(16-8-11-20(37-4)21(13-16)38-5)14-22-33-23(25(27,28)29)35-24(34-22)26(30,31)32/h8-14H,6-7H2,1-5H3. The van der Waals surface area contributed by atoms with E-state index in [1.807, 2.05) is 31.2 Å². The summed E-state index contributed by atoms with van der Waals surface area (Å²) in [6.07, 6.45) is 1.72. The number of nitrogens with zero attached hydrogens (tertiary/aromatic N) is 4. The number of halogens is 6. The van der Waals surface area contributed by atoms with Crippen LogP contribution < -0.4 is 14.4 Å². The Kier molecular flexibility index (Phi) is 10.3. The van der Waals surface area contributed by atoms with E-state index in [0.717, 1.165) is 41.0 Å². The quantitative estimate of drug-likeness (QED) is 0.231. The van der Waals surface area contributed by atoms with Crippen molar-refractivity contribution in [3.05, 3.63) is 70.6 Å². The average Bonchev–Trinajstić information content (AvgIpc) is 2.87. The van der Waals surface area contributed by atoms with Crippen molar-refractivity contribution in [3.63, 3.8) is 0 Å². The highest BCUT2D eigenvalue weighted by molar-refractivity contribution is 6.67. The van der Waals surface area contributed by atoms with Gasteiger partial charge in [-0.25, -0.2) is 15.0 Å². The summed E-state index contributed by atoms with van der Waals surface area (Å²) in [4.78, 5) is 15.0. The Hall–Kier alpha value is -1.67. The summed E-state index contributed by atoms with van der Waals surface area (Å²) in [5, 5.41) is 0. The monoisotopic (exact) mass is 636 g/mol. The Balaban J connectivity index is 2.32. The van der Waals surface area contributed by atoms with Gasteiger partial charge in [-0.3, -0.25) is 0 Å². The molecule has 0 atom stereocenters. The molecular formula is C26H26Cl6N4O2. The summed E-state index contributed by atoms with van der Waals surface area (Å²) >= 11 is 36.5. The van der Waals surface area contributed by atoms with Crippen LogP contribution in [0.2, 0.25) is 0 Å². The zero-order valence-corrected chi connectivity index (χ0v) is 25.9. The van der Waals surface area contributed by atoms with Crippen LogP contribution in [0, 0.1) is 6.92 Å². The second kappa shape index (κ2) is 12.7. The highest BCUT2D eigenvalue weighted by atomic mass is 35.6. The molecule has 12 heteroatoms. The molecule has 2 aromatic carbocycles. The van der Waals surface area contributed by atoms with Gasteiger partial charge in [0.05, 0.1) is 14.2 Å². The van der Waals surface area contributed by atoms with Gasteiger partial charge in [0.2, 0.25) is 7.59 Å². The Morgan fingerprint density at radius 1 is 0.816 bits per heavy atom. The number of ether oxygens (including phenoxy) is 2. The van der Waals surface area contributed by atoms with Crippen molar-refractivity contribution in [2.24, 2.45) is 0 Å². The second-order valence-electron chi connectivity index (χ2n) is 8.14. The average molecular weight is 639 g/mol. The molecule has 6 nitrogen and oxygen atoms in total. The van der Waals surface area contributed by atoms with Gasteiger partial charge < -0.3 is 14.4 Å². The summed E-state index contributed by atoms with van der Waals surface area (Å²) < 4.78 is 7.02. The summed E-state index contributed by atoms with van der Waals surface area (Å²) in [5.74, 6) is 0.921. The molecule has 0 bridgehead atoms. The summed E-state index contributed by atoms with van der Waals surface area (Å²) in [7, 11) is 3.15. The molecule has 0 unspecified atom stereocenters. The lowest BCUT2D eigenvalue weighted by molar-refractivity contribution is 0.355. The normalized spacial score (nSPS) is 12.4. The lowest BCUT2D eigenvalue weighted by Crippen LogP contribution is -2.21. The molecule has 0 aliphatic carbocycles. The van der Waals surface area contributed by atoms with E-state index in [1.165, 1.54) is 0 Å². The molecule has 3 rings (SSSR count). The van der Waals surface area contributed by atoms with E-state index in [-0.39, 0.29) is 17.5 Å². The maximum absolute atomic E-state index is 6.09. The molecular weight excluding hydrogens is 613 g/mol. The Bertz CT molecular complexity index is 1290. The van der Waals surface area contributed by atoms with Crippen molar-refractivity contribution in [3.8, 4) is 11.5 Å². The zero-order chi connectivity index (χ0) is 28.3. The molecule has 0 amide bonds. The van der Waals surface area contributed by atoms with E-state index in [0.29, 0.717) is 11.5 Å². The molecule has 0 saturated carbocycles. The number of alkyl halides is 6. The molecule has 204 valence electrons. The lowest BCUT2D eigenvalue weighted by atomic mass is 9.93. The van der Waals surface area contributed by atoms with Crippen molar-refractivity contribution in [1.29, 1.82) is 0 Å². The van der Waals surface area contributed by atoms with Crippen molar-refractivity contribution >= 4 is 86.9 Å². The maximum Gasteiger partial charge on any atom is 0.250 e. The molecule has 3 aromatic rings. The van der Waals surface area contributed by atoms with Crippen LogP contribution in [0.5, 0.6) is 11.5 Å². The molecule has 0 fully saturated rings. The number of rotatable bonds is 8. The molecule has 0 aliphatic rings. The minimum absolute atomic E-state index is 0.139. The van der Waals surface area contributed by atoms with Crippen LogP contribution in [-0.4, -0.2) is 42.3 Å². The van der Waals surface area contributed by atoms with Crippen LogP contribution in [0.4, 0.5) is 5.69 Å². The molecule has 38 heavy (non-hydrogen) atoms. The third-order valence-corrected chi connectivity index (χ3v) is 6.77. The van der Waals surface area contributed by atoms with E-state index in [9.17, 15) is 0 Å². The van der Waals surface area contributed by atoms with Crippen LogP contribution in [0.3, 0.4) is 0 Å². The highest BCUT2D eigenvalue weighted by Crippen LogP contribution is 2.41. The smallest absolute Gasteiger partial charge is 0.250 e. The predicted molar refractivity (Wildman–Crippen MR) is 160 cm³/mol. The van der Waals surface area contributed by atoms with E-state index in [2.05, 4.69) is 45.8 Å². The molecule has 1 heterocycles. The highest BCUT2D eigenvalue weighted by Gasteiger charge is 2.33. The van der Waals surface area contributed by atoms with Crippen molar-refractivity contribution in [1.82, 2.24) is 15.0 Å². The fourth-order valence-electron chi connectivity index (χ4n) is 3.90. The van der Waals surface area contributed by atoms with Gasteiger partial charge in [-0.1, -0.05) is 81.7 Å². The number of aromatic nitrogens is 3. The van der Waals surface area contributed by atoms with Gasteiger partial charge in [-0.05, 0) is 73.4 Å². The fourth-order valence-corrected chi connectivity index (χ4v) is 4.40. The van der Waals surface area contributed by atoms with Crippen molar-refractivity contribution in [2.75, 3.05) is 32.2 Å². The SMILES string of the molecule is CCN(CC)c1ccc(C(=Cc2nc(C(Cl)(Cl)Cl)nc(C(Cl)(Cl)Cl)n2)c2ccc(OC)c(OC)c2)c(C)c1. The predicted octanol–water partition coefficient (Wildman–Crippen LogP) is 8.29. The molecule has 0 spiro atoms. The van der Waals surface area contributed by atoms with E-state index in [1.54, 1.807) is 20.3 Å². The number of hydrogen-bond donors (Lipinski definition) is 0. The Labute approximate surface area is 252 Å². The second-order valence-corrected chi connectivity index (χ2v) is 12.7. The van der Waals surface area contributed by atoms with Gasteiger partial charge >= 0.3 is 0 Å². The van der Waals surface area contributed by atoms with E-state index in [4.69, 9.17) is 79.1 Å². The first-order valence-corrected chi connectivity index (χ1v) is 13.8. The van der Waals surface area contributed by atoms with Gasteiger partial charge in [0.15, 0.2) is 29.0 Å². The van der Waals surface area contributed by atoms with Crippen LogP contribution in [-0.2, 0) is 7.59 Å². The first-order valence-electron chi connectivity index (χ1n) is 11.5. The molecule has 0 N–H and O–H groups in total. The van der Waals surface area contributed by atoms with Gasteiger partial charge in [-0.2, -0.15) is 0 Å². The molecule has 0 saturated heterocycles. The topological polar surface area (TPSA) is 60.4 Å². The van der Waals surface area contributed by atoms with Gasteiger partial charge in [0.1, 0.15) is 0 Å². The maximum atomic E-state index is 6.09. The summed E-state index contributed by atoms with van der Waals surface area (Å²) in [6, 6.07) is 11.8. The molecule has 1 aromatic heterocycles. The molecule has 0 aliphatic heterocycles. The fraction of sp³-hybridized carbons (Fsp3) is 0.346. The van der Waals surface area contributed by atoms with Gasteiger partial charge in [0.25, 0.3) is 0 Å². The van der Waals surface area contributed by atoms with Gasteiger partial charge in [-0.15, -0.1) is 0 Å². The van der Waals surface area contributed by atoms with Crippen molar-refractivity contribution in [2.45, 2.75) is 28.4 Å². The Morgan fingerprint density at radius 3 is 1.87 bits per heavy atom. The van der Waals surface area contributed by atoms with Crippen LogP contribution in [0.15, 0.2) is 36.4 Å².